The van der Waals surface area contributed by atoms with Gasteiger partial charge in [0.15, 0.2) is 0 Å². The van der Waals surface area contributed by atoms with Crippen LogP contribution in [0.5, 0.6) is 0 Å². The summed E-state index contributed by atoms with van der Waals surface area (Å²) in [5.74, 6) is 0.0307. The molecule has 112 valence electrons. The first-order chi connectivity index (χ1) is 9.86. The molecular weight excluding hydrogens is 331 g/mol. The number of amides is 1. The maximum Gasteiger partial charge on any atom is 0.234 e. The fourth-order valence-corrected chi connectivity index (χ4v) is 3.18. The SMILES string of the molecule is Cc1cc(SCC(=O)Nc2c(Cl)cc(N)cc2Cl)n(C)n1. The van der Waals surface area contributed by atoms with E-state index in [2.05, 4.69) is 10.4 Å². The van der Waals surface area contributed by atoms with Crippen LogP contribution in [0.3, 0.4) is 0 Å². The summed E-state index contributed by atoms with van der Waals surface area (Å²) < 4.78 is 1.73. The van der Waals surface area contributed by atoms with Crippen molar-refractivity contribution in [3.8, 4) is 0 Å². The van der Waals surface area contributed by atoms with E-state index >= 15 is 0 Å². The van der Waals surface area contributed by atoms with Crippen LogP contribution in [0, 0.1) is 6.92 Å². The van der Waals surface area contributed by atoms with E-state index < -0.39 is 0 Å². The zero-order chi connectivity index (χ0) is 15.6. The normalized spacial score (nSPS) is 10.7. The second kappa shape index (κ2) is 6.60. The summed E-state index contributed by atoms with van der Waals surface area (Å²) in [6.07, 6.45) is 0. The molecule has 0 saturated carbocycles. The minimum absolute atomic E-state index is 0.201. The summed E-state index contributed by atoms with van der Waals surface area (Å²) in [4.78, 5) is 12.0. The van der Waals surface area contributed by atoms with E-state index in [9.17, 15) is 4.79 Å². The van der Waals surface area contributed by atoms with Crippen molar-refractivity contribution in [1.82, 2.24) is 9.78 Å². The van der Waals surface area contributed by atoms with E-state index in [1.54, 1.807) is 16.8 Å². The average Bonchev–Trinajstić information content (AvgIpc) is 2.69. The van der Waals surface area contributed by atoms with Crippen LogP contribution in [0.15, 0.2) is 23.2 Å². The molecule has 0 radical (unpaired) electrons. The summed E-state index contributed by atoms with van der Waals surface area (Å²) in [5, 5.41) is 8.46. The van der Waals surface area contributed by atoms with E-state index in [4.69, 9.17) is 28.9 Å². The van der Waals surface area contributed by atoms with Crippen molar-refractivity contribution in [2.24, 2.45) is 7.05 Å². The second-order valence-corrected chi connectivity index (χ2v) is 6.25. The lowest BCUT2D eigenvalue weighted by molar-refractivity contribution is -0.113. The monoisotopic (exact) mass is 344 g/mol. The number of nitrogens with zero attached hydrogens (tertiary/aromatic N) is 2. The minimum Gasteiger partial charge on any atom is -0.399 e. The first-order valence-corrected chi connectivity index (χ1v) is 7.79. The number of benzene rings is 1. The molecule has 1 aromatic heterocycles. The fourth-order valence-electron chi connectivity index (χ4n) is 1.75. The third-order valence-corrected chi connectivity index (χ3v) is 4.32. The van der Waals surface area contributed by atoms with Gasteiger partial charge in [-0.15, -0.1) is 0 Å². The number of nitrogens with two attached hydrogens (primary N) is 1. The molecule has 1 amide bonds. The number of hydrogen-bond acceptors (Lipinski definition) is 4. The summed E-state index contributed by atoms with van der Waals surface area (Å²) in [6, 6.07) is 5.00. The van der Waals surface area contributed by atoms with Crippen molar-refractivity contribution in [1.29, 1.82) is 0 Å². The van der Waals surface area contributed by atoms with E-state index in [1.165, 1.54) is 11.8 Å². The molecule has 0 aliphatic carbocycles. The Morgan fingerprint density at radius 2 is 2.00 bits per heavy atom. The van der Waals surface area contributed by atoms with Gasteiger partial charge in [0.2, 0.25) is 5.91 Å². The molecule has 0 aliphatic heterocycles. The van der Waals surface area contributed by atoms with Gasteiger partial charge in [-0.05, 0) is 25.1 Å². The number of rotatable bonds is 4. The van der Waals surface area contributed by atoms with Crippen LogP contribution in [0.2, 0.25) is 10.0 Å². The number of carbonyl (C=O) groups is 1. The largest absolute Gasteiger partial charge is 0.399 e. The molecule has 1 aromatic carbocycles. The van der Waals surface area contributed by atoms with Crippen LogP contribution in [0.25, 0.3) is 0 Å². The van der Waals surface area contributed by atoms with Gasteiger partial charge in [0, 0.05) is 12.7 Å². The van der Waals surface area contributed by atoms with Crippen LogP contribution >= 0.6 is 35.0 Å². The minimum atomic E-state index is -0.201. The smallest absolute Gasteiger partial charge is 0.234 e. The van der Waals surface area contributed by atoms with Crippen LogP contribution in [-0.2, 0) is 11.8 Å². The molecule has 0 spiro atoms. The lowest BCUT2D eigenvalue weighted by Crippen LogP contribution is -2.15. The molecular formula is C13H14Cl2N4OS. The topological polar surface area (TPSA) is 72.9 Å². The van der Waals surface area contributed by atoms with Gasteiger partial charge in [0.25, 0.3) is 0 Å². The summed E-state index contributed by atoms with van der Waals surface area (Å²) >= 11 is 13.4. The quantitative estimate of drug-likeness (QED) is 0.658. The number of hydrogen-bond donors (Lipinski definition) is 2. The van der Waals surface area contributed by atoms with Crippen molar-refractivity contribution in [3.63, 3.8) is 0 Å². The predicted molar refractivity (Wildman–Crippen MR) is 88.2 cm³/mol. The van der Waals surface area contributed by atoms with E-state index in [0.29, 0.717) is 21.4 Å². The third-order valence-electron chi connectivity index (χ3n) is 2.64. The van der Waals surface area contributed by atoms with Crippen LogP contribution < -0.4 is 11.1 Å². The van der Waals surface area contributed by atoms with Crippen molar-refractivity contribution in [2.45, 2.75) is 11.9 Å². The predicted octanol–water partition coefficient (Wildman–Crippen LogP) is 3.35. The molecule has 21 heavy (non-hydrogen) atoms. The zero-order valence-electron chi connectivity index (χ0n) is 11.5. The lowest BCUT2D eigenvalue weighted by atomic mass is 10.3. The zero-order valence-corrected chi connectivity index (χ0v) is 13.8. The Kier molecular flexibility index (Phi) is 5.03. The Morgan fingerprint density at radius 3 is 2.52 bits per heavy atom. The molecule has 8 heteroatoms. The van der Waals surface area contributed by atoms with Gasteiger partial charge in [-0.1, -0.05) is 35.0 Å². The Balaban J connectivity index is 2.01. The molecule has 0 aliphatic rings. The number of aryl methyl sites for hydroxylation is 2. The van der Waals surface area contributed by atoms with E-state index in [1.807, 2.05) is 20.0 Å². The summed E-state index contributed by atoms with van der Waals surface area (Å²) in [7, 11) is 1.83. The molecule has 5 nitrogen and oxygen atoms in total. The number of nitrogens with one attached hydrogen (secondary N) is 1. The lowest BCUT2D eigenvalue weighted by Gasteiger charge is -2.10. The van der Waals surface area contributed by atoms with Gasteiger partial charge in [-0.25, -0.2) is 0 Å². The Labute approximate surface area is 136 Å². The Hall–Kier alpha value is -1.37. The molecule has 2 aromatic rings. The highest BCUT2D eigenvalue weighted by Crippen LogP contribution is 2.33. The van der Waals surface area contributed by atoms with Gasteiger partial charge in [-0.2, -0.15) is 5.10 Å². The van der Waals surface area contributed by atoms with E-state index in [-0.39, 0.29) is 11.7 Å². The van der Waals surface area contributed by atoms with Crippen molar-refractivity contribution < 1.29 is 4.79 Å². The number of halogens is 2. The molecule has 0 atom stereocenters. The molecule has 0 saturated heterocycles. The average molecular weight is 345 g/mol. The van der Waals surface area contributed by atoms with Gasteiger partial charge >= 0.3 is 0 Å². The number of aromatic nitrogens is 2. The molecule has 2 rings (SSSR count). The highest BCUT2D eigenvalue weighted by atomic mass is 35.5. The van der Waals surface area contributed by atoms with Gasteiger partial charge in [-0.3, -0.25) is 9.48 Å². The number of anilines is 2. The number of thioether (sulfide) groups is 1. The van der Waals surface area contributed by atoms with Crippen molar-refractivity contribution in [3.05, 3.63) is 33.9 Å². The molecule has 3 N–H and O–H groups in total. The Bertz CT molecular complexity index is 664. The first kappa shape index (κ1) is 16.0. The van der Waals surface area contributed by atoms with Crippen LogP contribution in [0.1, 0.15) is 5.69 Å². The second-order valence-electron chi connectivity index (χ2n) is 4.44. The third kappa shape index (κ3) is 4.06. The van der Waals surface area contributed by atoms with Crippen molar-refractivity contribution >= 4 is 52.2 Å². The van der Waals surface area contributed by atoms with Crippen LogP contribution in [0.4, 0.5) is 11.4 Å². The summed E-state index contributed by atoms with van der Waals surface area (Å²) in [5.41, 5.74) is 7.35. The maximum atomic E-state index is 12.0. The molecule has 1 heterocycles. The van der Waals surface area contributed by atoms with Crippen LogP contribution in [-0.4, -0.2) is 21.4 Å². The number of nitrogen functional groups attached to an aromatic ring is 1. The summed E-state index contributed by atoms with van der Waals surface area (Å²) in [6.45, 7) is 1.90. The van der Waals surface area contributed by atoms with Gasteiger partial charge in [0.1, 0.15) is 0 Å². The van der Waals surface area contributed by atoms with Gasteiger partial charge < -0.3 is 11.1 Å². The standard InChI is InChI=1S/C13H14Cl2N4OS/c1-7-3-12(19(2)18-7)21-6-11(20)17-13-9(14)4-8(16)5-10(13)15/h3-5H,6,16H2,1-2H3,(H,17,20). The Morgan fingerprint density at radius 1 is 1.38 bits per heavy atom. The first-order valence-electron chi connectivity index (χ1n) is 6.04. The highest BCUT2D eigenvalue weighted by Gasteiger charge is 2.12. The fraction of sp³-hybridized carbons (Fsp3) is 0.231. The van der Waals surface area contributed by atoms with Crippen molar-refractivity contribution in [2.75, 3.05) is 16.8 Å². The van der Waals surface area contributed by atoms with E-state index in [0.717, 1.165) is 10.7 Å². The van der Waals surface area contributed by atoms with Gasteiger partial charge in [0.05, 0.1) is 32.2 Å². The molecule has 0 bridgehead atoms. The molecule has 0 fully saturated rings. The maximum absolute atomic E-state index is 12.0. The number of carbonyl (C=O) groups excluding carboxylic acids is 1. The highest BCUT2D eigenvalue weighted by molar-refractivity contribution is 7.99. The molecule has 0 unspecified atom stereocenters.